The molecule has 3 aromatic carbocycles. The first kappa shape index (κ1) is 35.3. The largest absolute Gasteiger partial charge is 0.502 e. The maximum Gasteiger partial charge on any atom is 0.238 e. The van der Waals surface area contributed by atoms with Crippen LogP contribution in [0.5, 0.6) is 28.7 Å². The number of carbonyl (C=O) groups excluding carboxylic acids is 4. The third kappa shape index (κ3) is 6.13. The number of Topliss-reactive ketones (excluding diaryl/α,β-unsaturated/α-hetero) is 1. The number of hydrogen-bond acceptors (Lipinski definition) is 9. The van der Waals surface area contributed by atoms with Gasteiger partial charge in [-0.2, -0.15) is 0 Å². The molecule has 3 aromatic rings. The van der Waals surface area contributed by atoms with Crippen LogP contribution < -0.4 is 23.8 Å². The number of ketones is 2. The highest BCUT2D eigenvalue weighted by Gasteiger charge is 2.56. The van der Waals surface area contributed by atoms with Crippen LogP contribution in [0, 0.1) is 23.7 Å². The molecule has 1 heterocycles. The molecule has 1 N–H and O–H groups in total. The van der Waals surface area contributed by atoms with Gasteiger partial charge in [0.15, 0.2) is 23.1 Å². The molecule has 10 heteroatoms. The fraction of sp³-hybridized carbons (Fsp3) is 0.256. The van der Waals surface area contributed by atoms with Crippen LogP contribution in [-0.4, -0.2) is 56.9 Å². The second kappa shape index (κ2) is 14.1. The van der Waals surface area contributed by atoms with Crippen molar-refractivity contribution >= 4 is 47.3 Å². The van der Waals surface area contributed by atoms with Crippen LogP contribution in [0.25, 0.3) is 18.2 Å². The molecule has 1 fully saturated rings. The van der Waals surface area contributed by atoms with Gasteiger partial charge >= 0.3 is 0 Å². The molecule has 0 saturated carbocycles. The lowest BCUT2D eigenvalue weighted by Crippen LogP contribution is -2.40. The zero-order chi connectivity index (χ0) is 37.6. The second-order valence-corrected chi connectivity index (χ2v) is 13.5. The van der Waals surface area contributed by atoms with Gasteiger partial charge in [0.05, 0.1) is 46.0 Å². The first-order chi connectivity index (χ1) is 25.6. The highest BCUT2D eigenvalue weighted by Crippen LogP contribution is 2.53. The average Bonchev–Trinajstić information content (AvgIpc) is 3.43. The van der Waals surface area contributed by atoms with Gasteiger partial charge in [-0.15, -0.1) is 0 Å². The maximum atomic E-state index is 14.4. The van der Waals surface area contributed by atoms with E-state index in [1.165, 1.54) is 25.2 Å². The summed E-state index contributed by atoms with van der Waals surface area (Å²) in [6, 6.07) is 16.0. The number of hydrogen-bond donors (Lipinski definition) is 1. The molecule has 53 heavy (non-hydrogen) atoms. The molecule has 4 unspecified atom stereocenters. The van der Waals surface area contributed by atoms with Gasteiger partial charge in [0, 0.05) is 28.2 Å². The fourth-order valence-electron chi connectivity index (χ4n) is 8.02. The molecule has 1 saturated heterocycles. The molecule has 4 aliphatic rings. The fourth-order valence-corrected chi connectivity index (χ4v) is 8.02. The molecule has 0 aromatic heterocycles. The number of carbonyl (C=O) groups is 4. The number of methoxy groups -OCH3 is 4. The number of anilines is 1. The van der Waals surface area contributed by atoms with Gasteiger partial charge in [0.25, 0.3) is 0 Å². The van der Waals surface area contributed by atoms with Crippen LogP contribution in [-0.2, 0) is 19.2 Å². The number of allylic oxidation sites excluding steroid dienone is 7. The van der Waals surface area contributed by atoms with E-state index in [0.717, 1.165) is 16.7 Å². The summed E-state index contributed by atoms with van der Waals surface area (Å²) in [5.41, 5.74) is 4.75. The Bertz CT molecular complexity index is 2180. The Balaban J connectivity index is 1.20. The predicted octanol–water partition coefficient (Wildman–Crippen LogP) is 6.78. The molecule has 0 spiro atoms. The summed E-state index contributed by atoms with van der Waals surface area (Å²) in [4.78, 5) is 56.8. The van der Waals surface area contributed by atoms with Crippen molar-refractivity contribution in [2.24, 2.45) is 23.7 Å². The van der Waals surface area contributed by atoms with Crippen molar-refractivity contribution in [3.8, 4) is 28.7 Å². The zero-order valence-corrected chi connectivity index (χ0v) is 30.0. The van der Waals surface area contributed by atoms with Crippen molar-refractivity contribution in [3.05, 3.63) is 112 Å². The molecular weight excluding hydrogens is 674 g/mol. The summed E-state index contributed by atoms with van der Waals surface area (Å²) in [5, 5.41) is 10.4. The van der Waals surface area contributed by atoms with E-state index in [4.69, 9.17) is 18.9 Å². The Morgan fingerprint density at radius 3 is 2.11 bits per heavy atom. The van der Waals surface area contributed by atoms with Gasteiger partial charge in [0.2, 0.25) is 17.6 Å². The summed E-state index contributed by atoms with van der Waals surface area (Å²) < 4.78 is 21.5. The number of benzene rings is 3. The highest BCUT2D eigenvalue weighted by molar-refractivity contribution is 6.24. The first-order valence-electron chi connectivity index (χ1n) is 17.3. The van der Waals surface area contributed by atoms with Gasteiger partial charge in [-0.05, 0) is 85.4 Å². The van der Waals surface area contributed by atoms with Gasteiger partial charge in [0.1, 0.15) is 11.5 Å². The minimum absolute atomic E-state index is 0.140. The number of aromatic hydroxyl groups is 1. The zero-order valence-electron chi connectivity index (χ0n) is 30.0. The Morgan fingerprint density at radius 1 is 0.755 bits per heavy atom. The van der Waals surface area contributed by atoms with Crippen molar-refractivity contribution in [1.29, 1.82) is 0 Å². The van der Waals surface area contributed by atoms with E-state index in [-0.39, 0.29) is 47.1 Å². The van der Waals surface area contributed by atoms with Crippen molar-refractivity contribution in [2.45, 2.75) is 19.8 Å². The molecular formula is C43H39NO9. The van der Waals surface area contributed by atoms with Crippen LogP contribution in [0.1, 0.15) is 36.5 Å². The van der Waals surface area contributed by atoms with E-state index in [2.05, 4.69) is 0 Å². The summed E-state index contributed by atoms with van der Waals surface area (Å²) in [7, 11) is 6.08. The van der Waals surface area contributed by atoms with Crippen molar-refractivity contribution in [1.82, 2.24) is 0 Å². The number of phenols is 1. The lowest BCUT2D eigenvalue weighted by molar-refractivity contribution is -0.123. The van der Waals surface area contributed by atoms with E-state index < -0.39 is 23.7 Å². The van der Waals surface area contributed by atoms with Crippen LogP contribution in [0.15, 0.2) is 95.1 Å². The third-order valence-electron chi connectivity index (χ3n) is 10.6. The number of amides is 2. The Labute approximate surface area is 307 Å². The van der Waals surface area contributed by atoms with Gasteiger partial charge < -0.3 is 24.1 Å². The van der Waals surface area contributed by atoms with Crippen LogP contribution in [0.3, 0.4) is 0 Å². The van der Waals surface area contributed by atoms with E-state index in [9.17, 15) is 24.3 Å². The first-order valence-corrected chi connectivity index (χ1v) is 17.3. The topological polar surface area (TPSA) is 129 Å². The van der Waals surface area contributed by atoms with Crippen molar-refractivity contribution in [2.75, 3.05) is 33.3 Å². The van der Waals surface area contributed by atoms with E-state index >= 15 is 0 Å². The highest BCUT2D eigenvalue weighted by atomic mass is 16.5. The van der Waals surface area contributed by atoms with Crippen molar-refractivity contribution < 1.29 is 43.2 Å². The van der Waals surface area contributed by atoms with E-state index in [0.29, 0.717) is 45.9 Å². The Kier molecular flexibility index (Phi) is 9.38. The number of imide groups is 1. The molecule has 0 bridgehead atoms. The summed E-state index contributed by atoms with van der Waals surface area (Å²) in [6.07, 6.45) is 11.3. The number of nitrogens with zero attached hydrogens (tertiary/aromatic N) is 1. The lowest BCUT2D eigenvalue weighted by Gasteiger charge is -2.41. The molecule has 270 valence electrons. The van der Waals surface area contributed by atoms with E-state index in [1.807, 2.05) is 54.6 Å². The second-order valence-electron chi connectivity index (χ2n) is 13.5. The average molecular weight is 714 g/mol. The Hall–Kier alpha value is -6.16. The molecule has 4 atom stereocenters. The smallest absolute Gasteiger partial charge is 0.238 e. The third-order valence-corrected chi connectivity index (χ3v) is 10.6. The van der Waals surface area contributed by atoms with Crippen LogP contribution >= 0.6 is 0 Å². The SMILES string of the molecule is COc1ccc(OC)c(C=Cc2ccc(N3C(=O)C4CC=C5C(C=Cc6cc(OC)c(O)c(OC)c6)C6=C(CC5C4C3=O)C(=O)C(C)=CC6=O)cc2)c1. The van der Waals surface area contributed by atoms with Gasteiger partial charge in [-0.25, -0.2) is 0 Å². The molecule has 2 amide bonds. The van der Waals surface area contributed by atoms with Crippen LogP contribution in [0.2, 0.25) is 0 Å². The summed E-state index contributed by atoms with van der Waals surface area (Å²) in [5.74, 6) is -1.77. The standard InChI is InChI=1S/C43H39NO9/c1-23-18-34(45)38-30(14-9-25-19-36(52-4)41(47)37(20-25)53-5)29-15-16-31-39(32(29)22-33(38)40(23)46)43(49)44(42(31)48)27-11-7-24(8-12-27)6-10-26-21-28(50-2)13-17-35(26)51-3/h6-15,17-21,30-32,39,47H,16,22H2,1-5H3. The number of rotatable bonds is 9. The predicted molar refractivity (Wildman–Crippen MR) is 200 cm³/mol. The number of phenolic OH excluding ortho intramolecular Hbond substituents is 1. The van der Waals surface area contributed by atoms with Crippen molar-refractivity contribution in [3.63, 3.8) is 0 Å². The quantitative estimate of drug-likeness (QED) is 0.111. The molecule has 3 aliphatic carbocycles. The van der Waals surface area contributed by atoms with Gasteiger partial charge in [-0.3, -0.25) is 24.1 Å². The lowest BCUT2D eigenvalue weighted by atomic mass is 9.60. The molecule has 7 rings (SSSR count). The number of ether oxygens (including phenoxy) is 4. The number of fused-ring (bicyclic) bond motifs is 3. The summed E-state index contributed by atoms with van der Waals surface area (Å²) in [6.45, 7) is 1.62. The molecule has 10 nitrogen and oxygen atoms in total. The maximum absolute atomic E-state index is 14.4. The van der Waals surface area contributed by atoms with Crippen LogP contribution in [0.4, 0.5) is 5.69 Å². The van der Waals surface area contributed by atoms with E-state index in [1.54, 1.807) is 51.5 Å². The normalized spacial score (nSPS) is 22.5. The molecule has 1 aliphatic heterocycles. The van der Waals surface area contributed by atoms with Gasteiger partial charge in [-0.1, -0.05) is 48.1 Å². The minimum atomic E-state index is -0.699. The summed E-state index contributed by atoms with van der Waals surface area (Å²) >= 11 is 0. The monoisotopic (exact) mass is 713 g/mol. The molecule has 0 radical (unpaired) electrons. The minimum Gasteiger partial charge on any atom is -0.502 e. The Morgan fingerprint density at radius 2 is 1.45 bits per heavy atom.